The number of rotatable bonds is 4. The number of aryl methyl sites for hydroxylation is 2. The number of hydrogen-bond acceptors (Lipinski definition) is 4. The summed E-state index contributed by atoms with van der Waals surface area (Å²) in [6, 6.07) is -1.18. The molecule has 0 aromatic carbocycles. The van der Waals surface area contributed by atoms with Crippen molar-refractivity contribution >= 4 is 16.0 Å². The summed E-state index contributed by atoms with van der Waals surface area (Å²) >= 11 is 0. The molecule has 90 valence electrons. The second-order valence-electron chi connectivity index (χ2n) is 3.44. The van der Waals surface area contributed by atoms with Gasteiger partial charge in [0.05, 0.1) is 11.4 Å². The molecule has 1 aromatic rings. The van der Waals surface area contributed by atoms with Crippen LogP contribution in [0.4, 0.5) is 0 Å². The molecule has 16 heavy (non-hydrogen) atoms. The summed E-state index contributed by atoms with van der Waals surface area (Å²) in [6.45, 7) is 4.34. The fourth-order valence-electron chi connectivity index (χ4n) is 1.28. The van der Waals surface area contributed by atoms with E-state index in [0.717, 1.165) is 0 Å². The molecule has 7 nitrogen and oxygen atoms in total. The van der Waals surface area contributed by atoms with Crippen LogP contribution < -0.4 is 4.72 Å². The largest absolute Gasteiger partial charge is 0.480 e. The van der Waals surface area contributed by atoms with Crippen LogP contribution in [0.5, 0.6) is 0 Å². The molecule has 3 N–H and O–H groups in total. The van der Waals surface area contributed by atoms with Crippen molar-refractivity contribution in [3.63, 3.8) is 0 Å². The van der Waals surface area contributed by atoms with Gasteiger partial charge in [0.15, 0.2) is 0 Å². The molecular formula is C8H13N3O4S. The zero-order valence-electron chi connectivity index (χ0n) is 9.10. The van der Waals surface area contributed by atoms with Crippen molar-refractivity contribution < 1.29 is 18.3 Å². The monoisotopic (exact) mass is 247 g/mol. The first-order valence-corrected chi connectivity index (χ1v) is 6.00. The van der Waals surface area contributed by atoms with Crippen LogP contribution in [0.3, 0.4) is 0 Å². The minimum Gasteiger partial charge on any atom is -0.480 e. The highest BCUT2D eigenvalue weighted by Gasteiger charge is 2.26. The Labute approximate surface area is 92.9 Å². The number of nitrogens with zero attached hydrogens (tertiary/aromatic N) is 1. The Hall–Kier alpha value is -1.41. The summed E-state index contributed by atoms with van der Waals surface area (Å²) in [6.07, 6.45) is 0. The smallest absolute Gasteiger partial charge is 0.321 e. The Bertz CT molecular complexity index is 486. The third-order valence-corrected chi connectivity index (χ3v) is 3.83. The molecule has 1 heterocycles. The lowest BCUT2D eigenvalue weighted by atomic mass is 10.4. The minimum atomic E-state index is -3.85. The first-order chi connectivity index (χ1) is 7.25. The third-order valence-electron chi connectivity index (χ3n) is 2.03. The molecule has 0 spiro atoms. The van der Waals surface area contributed by atoms with E-state index in [1.165, 1.54) is 13.8 Å². The molecule has 0 unspecified atom stereocenters. The molecule has 0 fully saturated rings. The SMILES string of the molecule is Cc1n[nH]c(C)c1S(=O)(=O)N[C@H](C)C(=O)O. The van der Waals surface area contributed by atoms with E-state index in [2.05, 4.69) is 14.9 Å². The molecule has 0 bridgehead atoms. The second kappa shape index (κ2) is 4.22. The average molecular weight is 247 g/mol. The van der Waals surface area contributed by atoms with E-state index in [9.17, 15) is 13.2 Å². The van der Waals surface area contributed by atoms with Gasteiger partial charge in [-0.25, -0.2) is 8.42 Å². The van der Waals surface area contributed by atoms with Crippen LogP contribution in [0, 0.1) is 13.8 Å². The summed E-state index contributed by atoms with van der Waals surface area (Å²) in [7, 11) is -3.85. The van der Waals surface area contributed by atoms with Crippen molar-refractivity contribution in [1.29, 1.82) is 0 Å². The molecular weight excluding hydrogens is 234 g/mol. The van der Waals surface area contributed by atoms with Gasteiger partial charge in [0.1, 0.15) is 10.9 Å². The Kier molecular flexibility index (Phi) is 3.34. The van der Waals surface area contributed by atoms with Crippen molar-refractivity contribution in [2.24, 2.45) is 0 Å². The van der Waals surface area contributed by atoms with Crippen LogP contribution in [-0.4, -0.2) is 35.7 Å². The highest BCUT2D eigenvalue weighted by molar-refractivity contribution is 7.89. The fraction of sp³-hybridized carbons (Fsp3) is 0.500. The maximum atomic E-state index is 11.8. The zero-order valence-corrected chi connectivity index (χ0v) is 9.92. The molecule has 0 amide bonds. The summed E-state index contributed by atoms with van der Waals surface area (Å²) in [5.74, 6) is -1.23. The van der Waals surface area contributed by atoms with Crippen molar-refractivity contribution in [3.05, 3.63) is 11.4 Å². The highest BCUT2D eigenvalue weighted by atomic mass is 32.2. The number of sulfonamides is 1. The molecule has 1 aromatic heterocycles. The minimum absolute atomic E-state index is 0.000556. The van der Waals surface area contributed by atoms with E-state index in [1.807, 2.05) is 0 Å². The van der Waals surface area contributed by atoms with E-state index in [1.54, 1.807) is 6.92 Å². The van der Waals surface area contributed by atoms with Crippen molar-refractivity contribution in [3.8, 4) is 0 Å². The Balaban J connectivity index is 3.09. The first-order valence-electron chi connectivity index (χ1n) is 4.52. The highest BCUT2D eigenvalue weighted by Crippen LogP contribution is 2.16. The number of carboxylic acids is 1. The van der Waals surface area contributed by atoms with E-state index in [0.29, 0.717) is 11.4 Å². The Morgan fingerprint density at radius 1 is 1.50 bits per heavy atom. The quantitative estimate of drug-likeness (QED) is 0.680. The molecule has 8 heteroatoms. The molecule has 0 aliphatic rings. The van der Waals surface area contributed by atoms with Crippen LogP contribution in [0.15, 0.2) is 4.90 Å². The average Bonchev–Trinajstić information content (AvgIpc) is 2.45. The lowest BCUT2D eigenvalue weighted by molar-refractivity contribution is -0.138. The normalized spacial score (nSPS) is 13.7. The standard InChI is InChI=1S/C8H13N3O4S/c1-4-7(5(2)10-9-4)16(14,15)11-6(3)8(12)13/h6,11H,1-3H3,(H,9,10)(H,12,13)/t6-/m1/s1. The number of aliphatic carboxylic acids is 1. The zero-order chi connectivity index (χ0) is 12.5. The fourth-order valence-corrected chi connectivity index (χ4v) is 2.85. The molecule has 1 rings (SSSR count). The van der Waals surface area contributed by atoms with E-state index < -0.39 is 22.0 Å². The predicted molar refractivity (Wildman–Crippen MR) is 55.5 cm³/mol. The molecule has 0 saturated carbocycles. The first kappa shape index (κ1) is 12.7. The Morgan fingerprint density at radius 3 is 2.44 bits per heavy atom. The maximum Gasteiger partial charge on any atom is 0.321 e. The van der Waals surface area contributed by atoms with Crippen LogP contribution in [0.1, 0.15) is 18.3 Å². The number of hydrogen-bond donors (Lipinski definition) is 3. The summed E-state index contributed by atoms with van der Waals surface area (Å²) < 4.78 is 25.7. The van der Waals surface area contributed by atoms with E-state index >= 15 is 0 Å². The summed E-state index contributed by atoms with van der Waals surface area (Å²) in [5, 5.41) is 14.9. The van der Waals surface area contributed by atoms with Crippen LogP contribution in [0.25, 0.3) is 0 Å². The van der Waals surface area contributed by atoms with E-state index in [4.69, 9.17) is 5.11 Å². The number of aromatic amines is 1. The van der Waals surface area contributed by atoms with Crippen molar-refractivity contribution in [1.82, 2.24) is 14.9 Å². The van der Waals surface area contributed by atoms with Crippen LogP contribution >= 0.6 is 0 Å². The van der Waals surface area contributed by atoms with Gasteiger partial charge in [-0.1, -0.05) is 0 Å². The van der Waals surface area contributed by atoms with E-state index in [-0.39, 0.29) is 4.90 Å². The van der Waals surface area contributed by atoms with Gasteiger partial charge in [0.2, 0.25) is 10.0 Å². The van der Waals surface area contributed by atoms with Gasteiger partial charge >= 0.3 is 5.97 Å². The molecule has 0 aliphatic carbocycles. The van der Waals surface area contributed by atoms with Crippen molar-refractivity contribution in [2.75, 3.05) is 0 Å². The van der Waals surface area contributed by atoms with Crippen LogP contribution in [-0.2, 0) is 14.8 Å². The number of nitrogens with one attached hydrogen (secondary N) is 2. The van der Waals surface area contributed by atoms with Gasteiger partial charge in [-0.05, 0) is 20.8 Å². The molecule has 0 saturated heterocycles. The topological polar surface area (TPSA) is 112 Å². The van der Waals surface area contributed by atoms with Gasteiger partial charge in [0, 0.05) is 0 Å². The van der Waals surface area contributed by atoms with Crippen LogP contribution in [0.2, 0.25) is 0 Å². The number of carboxylic acid groups (broad SMARTS) is 1. The molecule has 0 aliphatic heterocycles. The van der Waals surface area contributed by atoms with Gasteiger partial charge in [-0.2, -0.15) is 9.82 Å². The van der Waals surface area contributed by atoms with Gasteiger partial charge < -0.3 is 5.11 Å². The lowest BCUT2D eigenvalue weighted by Crippen LogP contribution is -2.38. The van der Waals surface area contributed by atoms with Crippen molar-refractivity contribution in [2.45, 2.75) is 31.7 Å². The molecule has 0 radical (unpaired) electrons. The number of H-pyrrole nitrogens is 1. The Morgan fingerprint density at radius 2 is 2.06 bits per heavy atom. The second-order valence-corrected chi connectivity index (χ2v) is 5.10. The summed E-state index contributed by atoms with van der Waals surface area (Å²) in [5.41, 5.74) is 0.685. The lowest BCUT2D eigenvalue weighted by Gasteiger charge is -2.09. The van der Waals surface area contributed by atoms with Gasteiger partial charge in [-0.15, -0.1) is 0 Å². The van der Waals surface area contributed by atoms with Gasteiger partial charge in [0.25, 0.3) is 0 Å². The molecule has 1 atom stereocenters. The number of carbonyl (C=O) groups is 1. The summed E-state index contributed by atoms with van der Waals surface area (Å²) in [4.78, 5) is 10.6. The third kappa shape index (κ3) is 2.39. The maximum absolute atomic E-state index is 11.8. The number of aromatic nitrogens is 2. The van der Waals surface area contributed by atoms with Gasteiger partial charge in [-0.3, -0.25) is 9.89 Å². The predicted octanol–water partition coefficient (Wildman–Crippen LogP) is -0.222.